The molecule has 3 aromatic heterocycles. The fourth-order valence-corrected chi connectivity index (χ4v) is 2.27. The molecule has 0 saturated heterocycles. The Labute approximate surface area is 157 Å². The lowest BCUT2D eigenvalue weighted by Gasteiger charge is -2.01. The van der Waals surface area contributed by atoms with E-state index in [2.05, 4.69) is 30.2 Å². The molecule has 0 aliphatic heterocycles. The summed E-state index contributed by atoms with van der Waals surface area (Å²) in [6.45, 7) is 1.65. The van der Waals surface area contributed by atoms with Crippen LogP contribution in [0.4, 0.5) is 11.8 Å². The van der Waals surface area contributed by atoms with Crippen molar-refractivity contribution >= 4 is 28.8 Å². The minimum absolute atomic E-state index is 0.420. The molecule has 3 heterocycles. The Morgan fingerprint density at radius 2 is 2.00 bits per heavy atom. The highest BCUT2D eigenvalue weighted by Crippen LogP contribution is 2.15. The number of carbonyl (C=O) groups is 1. The second kappa shape index (κ2) is 10.7. The lowest BCUT2D eigenvalue weighted by molar-refractivity contribution is 0.1000. The summed E-state index contributed by atoms with van der Waals surface area (Å²) in [6, 6.07) is 3.29. The van der Waals surface area contributed by atoms with Gasteiger partial charge in [-0.3, -0.25) is 9.78 Å². The zero-order valence-electron chi connectivity index (χ0n) is 15.1. The number of aromatic amines is 1. The van der Waals surface area contributed by atoms with E-state index in [9.17, 15) is 4.79 Å². The van der Waals surface area contributed by atoms with Crippen LogP contribution in [0, 0.1) is 0 Å². The maximum Gasteiger partial charge on any atom is 0.250 e. The van der Waals surface area contributed by atoms with Crippen LogP contribution < -0.4 is 22.5 Å². The van der Waals surface area contributed by atoms with E-state index >= 15 is 0 Å². The highest BCUT2D eigenvalue weighted by atomic mass is 16.1. The molecule has 1 amide bonds. The summed E-state index contributed by atoms with van der Waals surface area (Å²) in [5.41, 5.74) is 17.8. The third-order valence-electron chi connectivity index (χ3n) is 3.69. The zero-order chi connectivity index (χ0) is 19.5. The summed E-state index contributed by atoms with van der Waals surface area (Å²) in [4.78, 5) is 29.4. The van der Waals surface area contributed by atoms with Gasteiger partial charge in [-0.15, -0.1) is 0 Å². The molecule has 0 radical (unpaired) electrons. The minimum Gasteiger partial charge on any atom is -0.382 e. The van der Waals surface area contributed by atoms with Crippen LogP contribution in [0.3, 0.4) is 0 Å². The second-order valence-electron chi connectivity index (χ2n) is 5.78. The average molecular weight is 371 g/mol. The van der Waals surface area contributed by atoms with Crippen molar-refractivity contribution in [2.75, 3.05) is 24.1 Å². The molecule has 8 N–H and O–H groups in total. The molecule has 10 heteroatoms. The molecule has 0 spiro atoms. The number of unbranched alkanes of at least 4 members (excludes halogenated alkanes) is 3. The van der Waals surface area contributed by atoms with Crippen LogP contribution in [0.25, 0.3) is 11.2 Å². The van der Waals surface area contributed by atoms with E-state index in [-0.39, 0.29) is 0 Å². The largest absolute Gasteiger partial charge is 0.382 e. The van der Waals surface area contributed by atoms with Crippen LogP contribution in [-0.2, 0) is 0 Å². The van der Waals surface area contributed by atoms with E-state index in [1.807, 2.05) is 0 Å². The molecule has 10 nitrogen and oxygen atoms in total. The third kappa shape index (κ3) is 6.51. The number of H-pyrrole nitrogens is 1. The van der Waals surface area contributed by atoms with E-state index in [1.165, 1.54) is 25.4 Å². The summed E-state index contributed by atoms with van der Waals surface area (Å²) < 4.78 is 0. The summed E-state index contributed by atoms with van der Waals surface area (Å²) in [6.07, 6.45) is 8.97. The number of carbonyl (C=O) groups excluding carboxylic acids is 1. The maximum absolute atomic E-state index is 10.4. The van der Waals surface area contributed by atoms with E-state index in [0.717, 1.165) is 25.9 Å². The Kier molecular flexibility index (Phi) is 7.92. The number of nitrogens with zero attached hydrogens (tertiary/aromatic N) is 4. The Hall–Kier alpha value is -3.27. The highest BCUT2D eigenvalue weighted by molar-refractivity contribution is 5.92. The normalized spacial score (nSPS) is 10.3. The van der Waals surface area contributed by atoms with Crippen molar-refractivity contribution in [1.29, 1.82) is 0 Å². The number of aromatic nitrogens is 5. The SMILES string of the molecule is NC(=O)c1cccnc1.NCCCCCCNc1nc2ncnc(N)c2[nH]1. The number of nitrogens with one attached hydrogen (secondary N) is 2. The van der Waals surface area contributed by atoms with Crippen molar-refractivity contribution in [2.24, 2.45) is 11.5 Å². The molecule has 0 atom stereocenters. The molecular formula is C17H25N9O. The van der Waals surface area contributed by atoms with Crippen molar-refractivity contribution in [1.82, 2.24) is 24.9 Å². The molecule has 0 fully saturated rings. The zero-order valence-corrected chi connectivity index (χ0v) is 15.1. The monoisotopic (exact) mass is 371 g/mol. The number of pyridine rings is 1. The van der Waals surface area contributed by atoms with Gasteiger partial charge in [-0.2, -0.15) is 4.98 Å². The molecule has 0 aliphatic carbocycles. The topological polar surface area (TPSA) is 175 Å². The van der Waals surface area contributed by atoms with Gasteiger partial charge in [0.1, 0.15) is 11.8 Å². The number of imidazole rings is 1. The van der Waals surface area contributed by atoms with Gasteiger partial charge >= 0.3 is 0 Å². The van der Waals surface area contributed by atoms with Crippen LogP contribution in [0.1, 0.15) is 36.0 Å². The van der Waals surface area contributed by atoms with Crippen LogP contribution in [0.2, 0.25) is 0 Å². The second-order valence-corrected chi connectivity index (χ2v) is 5.78. The number of primary amides is 1. The quantitative estimate of drug-likeness (QED) is 0.365. The first-order valence-electron chi connectivity index (χ1n) is 8.71. The third-order valence-corrected chi connectivity index (χ3v) is 3.69. The Bertz CT molecular complexity index is 835. The molecule has 27 heavy (non-hydrogen) atoms. The fraction of sp³-hybridized carbons (Fsp3) is 0.353. The van der Waals surface area contributed by atoms with Crippen molar-refractivity contribution in [3.05, 3.63) is 36.4 Å². The van der Waals surface area contributed by atoms with E-state index < -0.39 is 5.91 Å². The fourth-order valence-electron chi connectivity index (χ4n) is 2.27. The lowest BCUT2D eigenvalue weighted by Crippen LogP contribution is -2.10. The van der Waals surface area contributed by atoms with Crippen molar-refractivity contribution in [2.45, 2.75) is 25.7 Å². The van der Waals surface area contributed by atoms with Crippen molar-refractivity contribution in [3.8, 4) is 0 Å². The molecule has 0 aromatic carbocycles. The van der Waals surface area contributed by atoms with E-state index in [0.29, 0.717) is 28.5 Å². The molecule has 144 valence electrons. The summed E-state index contributed by atoms with van der Waals surface area (Å²) in [5.74, 6) is 0.669. The molecule has 0 aliphatic rings. The number of amides is 1. The highest BCUT2D eigenvalue weighted by Gasteiger charge is 2.06. The molecule has 0 saturated carbocycles. The number of fused-ring (bicyclic) bond motifs is 1. The van der Waals surface area contributed by atoms with Gasteiger partial charge < -0.3 is 27.5 Å². The van der Waals surface area contributed by atoms with Gasteiger partial charge in [0, 0.05) is 18.9 Å². The van der Waals surface area contributed by atoms with Crippen LogP contribution in [-0.4, -0.2) is 43.9 Å². The lowest BCUT2D eigenvalue weighted by atomic mass is 10.2. The van der Waals surface area contributed by atoms with Crippen molar-refractivity contribution in [3.63, 3.8) is 0 Å². The average Bonchev–Trinajstić information content (AvgIpc) is 3.10. The van der Waals surface area contributed by atoms with Gasteiger partial charge in [-0.25, -0.2) is 9.97 Å². The number of hydrogen-bond donors (Lipinski definition) is 5. The molecule has 0 bridgehead atoms. The van der Waals surface area contributed by atoms with E-state index in [1.54, 1.807) is 18.3 Å². The summed E-state index contributed by atoms with van der Waals surface area (Å²) >= 11 is 0. The number of nitrogens with two attached hydrogens (primary N) is 3. The Balaban J connectivity index is 0.000000244. The Morgan fingerprint density at radius 1 is 1.19 bits per heavy atom. The number of anilines is 2. The van der Waals surface area contributed by atoms with Gasteiger partial charge in [0.2, 0.25) is 11.9 Å². The van der Waals surface area contributed by atoms with Gasteiger partial charge in [-0.05, 0) is 31.5 Å². The van der Waals surface area contributed by atoms with Gasteiger partial charge in [-0.1, -0.05) is 12.8 Å². The van der Waals surface area contributed by atoms with Gasteiger partial charge in [0.05, 0.1) is 5.56 Å². The summed E-state index contributed by atoms with van der Waals surface area (Å²) in [7, 11) is 0. The minimum atomic E-state index is -0.442. The maximum atomic E-state index is 10.4. The first kappa shape index (κ1) is 20.0. The smallest absolute Gasteiger partial charge is 0.250 e. The van der Waals surface area contributed by atoms with E-state index in [4.69, 9.17) is 17.2 Å². The first-order valence-corrected chi connectivity index (χ1v) is 8.71. The van der Waals surface area contributed by atoms with Crippen molar-refractivity contribution < 1.29 is 4.79 Å². The van der Waals surface area contributed by atoms with Crippen LogP contribution in [0.5, 0.6) is 0 Å². The Morgan fingerprint density at radius 3 is 2.63 bits per heavy atom. The number of nitrogen functional groups attached to an aromatic ring is 1. The predicted molar refractivity (Wildman–Crippen MR) is 105 cm³/mol. The van der Waals surface area contributed by atoms with Crippen LogP contribution >= 0.6 is 0 Å². The number of rotatable bonds is 8. The standard InChI is InChI=1S/C11H19N7.C6H6N2O/c12-5-3-1-2-4-6-14-11-17-8-9(13)15-7-16-10(8)18-11;7-6(9)5-2-1-3-8-4-5/h7H,1-6,12H2,(H4,13,14,15,16,17,18);1-4H,(H2,7,9). The molecule has 0 unspecified atom stereocenters. The number of hydrogen-bond acceptors (Lipinski definition) is 8. The van der Waals surface area contributed by atoms with Gasteiger partial charge in [0.25, 0.3) is 0 Å². The van der Waals surface area contributed by atoms with Gasteiger partial charge in [0.15, 0.2) is 11.5 Å². The molecular weight excluding hydrogens is 346 g/mol. The molecule has 3 aromatic rings. The molecule has 3 rings (SSSR count). The first-order chi connectivity index (χ1) is 13.1. The predicted octanol–water partition coefficient (Wildman–Crippen LogP) is 1.05. The summed E-state index contributed by atoms with van der Waals surface area (Å²) in [5, 5.41) is 3.22. The van der Waals surface area contributed by atoms with Crippen LogP contribution in [0.15, 0.2) is 30.9 Å².